The Morgan fingerprint density at radius 1 is 1.33 bits per heavy atom. The molecule has 0 aliphatic carbocycles. The molecule has 15 heavy (non-hydrogen) atoms. The van der Waals surface area contributed by atoms with Crippen molar-refractivity contribution >= 4 is 11.4 Å². The predicted molar refractivity (Wildman–Crippen MR) is 68.2 cm³/mol. The largest absolute Gasteiger partial charge is 0.397 e. The Morgan fingerprint density at radius 2 is 2.07 bits per heavy atom. The minimum Gasteiger partial charge on any atom is -0.397 e. The van der Waals surface area contributed by atoms with Gasteiger partial charge in [0.1, 0.15) is 0 Å². The Morgan fingerprint density at radius 3 is 2.67 bits per heavy atom. The second-order valence-corrected chi connectivity index (χ2v) is 4.50. The normalized spacial score (nSPS) is 10.7. The highest BCUT2D eigenvalue weighted by Crippen LogP contribution is 2.22. The zero-order valence-corrected chi connectivity index (χ0v) is 10.0. The van der Waals surface area contributed by atoms with Crippen LogP contribution in [-0.2, 0) is 0 Å². The SMILES string of the molecule is Cc1cccc(N)c1NCCCC(C)C. The van der Waals surface area contributed by atoms with Crippen LogP contribution in [0.15, 0.2) is 18.2 Å². The summed E-state index contributed by atoms with van der Waals surface area (Å²) >= 11 is 0. The van der Waals surface area contributed by atoms with E-state index in [-0.39, 0.29) is 0 Å². The first-order valence-corrected chi connectivity index (χ1v) is 5.70. The van der Waals surface area contributed by atoms with Crippen LogP contribution in [0.5, 0.6) is 0 Å². The molecule has 0 fully saturated rings. The van der Waals surface area contributed by atoms with Gasteiger partial charge in [-0.3, -0.25) is 0 Å². The van der Waals surface area contributed by atoms with Crippen LogP contribution in [-0.4, -0.2) is 6.54 Å². The molecule has 0 saturated carbocycles. The second-order valence-electron chi connectivity index (χ2n) is 4.50. The van der Waals surface area contributed by atoms with E-state index in [0.717, 1.165) is 23.8 Å². The third-order valence-electron chi connectivity index (χ3n) is 2.57. The summed E-state index contributed by atoms with van der Waals surface area (Å²) in [7, 11) is 0. The van der Waals surface area contributed by atoms with Crippen LogP contribution in [0.2, 0.25) is 0 Å². The summed E-state index contributed by atoms with van der Waals surface area (Å²) in [5.74, 6) is 0.779. The maximum absolute atomic E-state index is 5.90. The molecule has 1 aromatic rings. The molecule has 2 heteroatoms. The number of aryl methyl sites for hydroxylation is 1. The van der Waals surface area contributed by atoms with Crippen molar-refractivity contribution in [1.29, 1.82) is 0 Å². The molecule has 0 radical (unpaired) electrons. The third kappa shape index (κ3) is 3.82. The molecule has 0 aliphatic rings. The molecule has 3 N–H and O–H groups in total. The van der Waals surface area contributed by atoms with Crippen LogP contribution in [0, 0.1) is 12.8 Å². The van der Waals surface area contributed by atoms with Gasteiger partial charge >= 0.3 is 0 Å². The Hall–Kier alpha value is -1.18. The van der Waals surface area contributed by atoms with E-state index in [0.29, 0.717) is 0 Å². The molecular formula is C13H22N2. The Labute approximate surface area is 92.9 Å². The topological polar surface area (TPSA) is 38.0 Å². The van der Waals surface area contributed by atoms with Crippen molar-refractivity contribution in [2.75, 3.05) is 17.6 Å². The zero-order valence-electron chi connectivity index (χ0n) is 10.0. The van der Waals surface area contributed by atoms with E-state index in [9.17, 15) is 0 Å². The smallest absolute Gasteiger partial charge is 0.0603 e. The molecule has 0 spiro atoms. The standard InChI is InChI=1S/C13H22N2/c1-10(2)6-5-9-15-13-11(3)7-4-8-12(13)14/h4,7-8,10,15H,5-6,9,14H2,1-3H3. The number of hydrogen-bond acceptors (Lipinski definition) is 2. The van der Waals surface area contributed by atoms with Gasteiger partial charge in [0.2, 0.25) is 0 Å². The van der Waals surface area contributed by atoms with Gasteiger partial charge in [-0.1, -0.05) is 26.0 Å². The number of nitrogen functional groups attached to an aromatic ring is 1. The minimum absolute atomic E-state index is 0.779. The molecule has 0 heterocycles. The fourth-order valence-corrected chi connectivity index (χ4v) is 1.66. The van der Waals surface area contributed by atoms with Crippen molar-refractivity contribution in [2.24, 2.45) is 5.92 Å². The lowest BCUT2D eigenvalue weighted by Gasteiger charge is -2.12. The van der Waals surface area contributed by atoms with Crippen LogP contribution in [0.25, 0.3) is 0 Å². The number of benzene rings is 1. The number of rotatable bonds is 5. The van der Waals surface area contributed by atoms with Crippen LogP contribution < -0.4 is 11.1 Å². The molecule has 1 rings (SSSR count). The molecular weight excluding hydrogens is 184 g/mol. The van der Waals surface area contributed by atoms with E-state index in [1.165, 1.54) is 18.4 Å². The van der Waals surface area contributed by atoms with Gasteiger partial charge < -0.3 is 11.1 Å². The van der Waals surface area contributed by atoms with E-state index in [2.05, 4.69) is 32.2 Å². The van der Waals surface area contributed by atoms with E-state index in [1.54, 1.807) is 0 Å². The van der Waals surface area contributed by atoms with E-state index in [1.807, 2.05) is 12.1 Å². The summed E-state index contributed by atoms with van der Waals surface area (Å²) < 4.78 is 0. The third-order valence-corrected chi connectivity index (χ3v) is 2.57. The zero-order chi connectivity index (χ0) is 11.3. The van der Waals surface area contributed by atoms with Crippen molar-refractivity contribution in [1.82, 2.24) is 0 Å². The summed E-state index contributed by atoms with van der Waals surface area (Å²) in [5.41, 5.74) is 9.07. The maximum Gasteiger partial charge on any atom is 0.0603 e. The molecule has 0 unspecified atom stereocenters. The Kier molecular flexibility index (Phi) is 4.47. The van der Waals surface area contributed by atoms with Gasteiger partial charge in [0.05, 0.1) is 11.4 Å². The molecule has 2 nitrogen and oxygen atoms in total. The van der Waals surface area contributed by atoms with Gasteiger partial charge in [0.15, 0.2) is 0 Å². The van der Waals surface area contributed by atoms with Crippen LogP contribution in [0.4, 0.5) is 11.4 Å². The Bertz CT molecular complexity index is 285. The minimum atomic E-state index is 0.779. The molecule has 0 atom stereocenters. The molecule has 0 aromatic heterocycles. The lowest BCUT2D eigenvalue weighted by Crippen LogP contribution is -2.06. The van der Waals surface area contributed by atoms with Gasteiger partial charge in [0.25, 0.3) is 0 Å². The van der Waals surface area contributed by atoms with Gasteiger partial charge in [-0.05, 0) is 37.3 Å². The summed E-state index contributed by atoms with van der Waals surface area (Å²) in [6.45, 7) is 7.60. The average molecular weight is 206 g/mol. The first-order chi connectivity index (χ1) is 7.11. The fraction of sp³-hybridized carbons (Fsp3) is 0.538. The number of nitrogens with two attached hydrogens (primary N) is 1. The lowest BCUT2D eigenvalue weighted by molar-refractivity contribution is 0.567. The highest BCUT2D eigenvalue weighted by molar-refractivity contribution is 5.69. The highest BCUT2D eigenvalue weighted by Gasteiger charge is 2.01. The number of nitrogens with one attached hydrogen (secondary N) is 1. The summed E-state index contributed by atoms with van der Waals surface area (Å²) in [5, 5.41) is 3.41. The van der Waals surface area contributed by atoms with Crippen LogP contribution >= 0.6 is 0 Å². The quantitative estimate of drug-likeness (QED) is 0.572. The maximum atomic E-state index is 5.90. The molecule has 0 amide bonds. The summed E-state index contributed by atoms with van der Waals surface area (Å²) in [4.78, 5) is 0. The summed E-state index contributed by atoms with van der Waals surface area (Å²) in [6, 6.07) is 6.02. The highest BCUT2D eigenvalue weighted by atomic mass is 14.9. The van der Waals surface area contributed by atoms with Gasteiger partial charge in [-0.15, -0.1) is 0 Å². The van der Waals surface area contributed by atoms with Crippen molar-refractivity contribution < 1.29 is 0 Å². The molecule has 0 bridgehead atoms. The molecule has 0 aliphatic heterocycles. The van der Waals surface area contributed by atoms with Crippen molar-refractivity contribution in [3.05, 3.63) is 23.8 Å². The first kappa shape index (κ1) is 11.9. The van der Waals surface area contributed by atoms with E-state index in [4.69, 9.17) is 5.73 Å². The summed E-state index contributed by atoms with van der Waals surface area (Å²) in [6.07, 6.45) is 2.46. The second kappa shape index (κ2) is 5.64. The monoisotopic (exact) mass is 206 g/mol. The predicted octanol–water partition coefficient (Wildman–Crippen LogP) is 3.43. The molecule has 0 saturated heterocycles. The van der Waals surface area contributed by atoms with Crippen molar-refractivity contribution in [3.8, 4) is 0 Å². The Balaban J connectivity index is 2.43. The van der Waals surface area contributed by atoms with Crippen molar-refractivity contribution in [2.45, 2.75) is 33.6 Å². The van der Waals surface area contributed by atoms with Crippen LogP contribution in [0.3, 0.4) is 0 Å². The van der Waals surface area contributed by atoms with Crippen LogP contribution in [0.1, 0.15) is 32.3 Å². The van der Waals surface area contributed by atoms with Gasteiger partial charge in [0, 0.05) is 6.54 Å². The average Bonchev–Trinajstić information content (AvgIpc) is 2.15. The number of anilines is 2. The van der Waals surface area contributed by atoms with Gasteiger partial charge in [-0.2, -0.15) is 0 Å². The number of para-hydroxylation sites is 1. The molecule has 1 aromatic carbocycles. The van der Waals surface area contributed by atoms with Crippen molar-refractivity contribution in [3.63, 3.8) is 0 Å². The number of hydrogen-bond donors (Lipinski definition) is 2. The van der Waals surface area contributed by atoms with E-state index < -0.39 is 0 Å². The van der Waals surface area contributed by atoms with E-state index >= 15 is 0 Å². The lowest BCUT2D eigenvalue weighted by atomic mass is 10.1. The fourth-order valence-electron chi connectivity index (χ4n) is 1.66. The first-order valence-electron chi connectivity index (χ1n) is 5.70. The van der Waals surface area contributed by atoms with Gasteiger partial charge in [-0.25, -0.2) is 0 Å². The molecule has 84 valence electrons.